The molecule has 3 N–H and O–H groups in total. The predicted octanol–water partition coefficient (Wildman–Crippen LogP) is -0.144. The van der Waals surface area contributed by atoms with E-state index in [9.17, 15) is 4.79 Å². The van der Waals surface area contributed by atoms with Crippen molar-refractivity contribution < 1.29 is 9.32 Å². The van der Waals surface area contributed by atoms with E-state index in [4.69, 9.17) is 5.73 Å². The van der Waals surface area contributed by atoms with Crippen LogP contribution >= 0.6 is 0 Å². The first kappa shape index (κ1) is 11.6. The van der Waals surface area contributed by atoms with Crippen molar-refractivity contribution in [2.24, 2.45) is 5.73 Å². The maximum Gasteiger partial charge on any atom is 0.220 e. The minimum absolute atomic E-state index is 0.01000. The van der Waals surface area contributed by atoms with Gasteiger partial charge in [-0.2, -0.15) is 4.98 Å². The van der Waals surface area contributed by atoms with Gasteiger partial charge in [-0.15, -0.1) is 0 Å². The van der Waals surface area contributed by atoms with Crippen LogP contribution in [0.1, 0.15) is 25.6 Å². The van der Waals surface area contributed by atoms with Crippen molar-refractivity contribution in [1.82, 2.24) is 15.5 Å². The van der Waals surface area contributed by atoms with Gasteiger partial charge in [-0.25, -0.2) is 0 Å². The first-order valence-electron chi connectivity index (χ1n) is 4.96. The molecule has 1 aromatic heterocycles. The number of carbonyl (C=O) groups excluding carboxylic acids is 1. The molecule has 6 heteroatoms. The number of nitrogens with one attached hydrogen (secondary N) is 1. The second-order valence-electron chi connectivity index (χ2n) is 3.46. The molecule has 1 unspecified atom stereocenters. The molecule has 0 saturated heterocycles. The van der Waals surface area contributed by atoms with Crippen LogP contribution in [0.25, 0.3) is 0 Å². The molecule has 1 atom stereocenters. The van der Waals surface area contributed by atoms with Crippen LogP contribution in [0, 0.1) is 0 Å². The van der Waals surface area contributed by atoms with Gasteiger partial charge in [-0.1, -0.05) is 5.16 Å². The van der Waals surface area contributed by atoms with Crippen molar-refractivity contribution in [2.75, 3.05) is 6.54 Å². The highest BCUT2D eigenvalue weighted by Gasteiger charge is 2.04. The van der Waals surface area contributed by atoms with Gasteiger partial charge in [0.05, 0.1) is 0 Å². The highest BCUT2D eigenvalue weighted by atomic mass is 16.5. The maximum absolute atomic E-state index is 11.2. The minimum atomic E-state index is 0.01000. The van der Waals surface area contributed by atoms with E-state index in [-0.39, 0.29) is 11.9 Å². The summed E-state index contributed by atoms with van der Waals surface area (Å²) in [5.41, 5.74) is 5.53. The summed E-state index contributed by atoms with van der Waals surface area (Å²) in [6.45, 7) is 2.41. The van der Waals surface area contributed by atoms with Crippen molar-refractivity contribution in [2.45, 2.75) is 32.2 Å². The van der Waals surface area contributed by atoms with E-state index in [0.29, 0.717) is 31.6 Å². The zero-order chi connectivity index (χ0) is 11.1. The van der Waals surface area contributed by atoms with Crippen LogP contribution in [0.3, 0.4) is 0 Å². The minimum Gasteiger partial charge on any atom is -0.356 e. The van der Waals surface area contributed by atoms with Crippen LogP contribution in [0.5, 0.6) is 0 Å². The van der Waals surface area contributed by atoms with Gasteiger partial charge in [0.2, 0.25) is 12.3 Å². The number of rotatable bonds is 6. The number of carbonyl (C=O) groups is 1. The SMILES string of the molecule is CC(N)CCC(=O)NCCc1ncon1. The lowest BCUT2D eigenvalue weighted by molar-refractivity contribution is -0.121. The Hall–Kier alpha value is -1.43. The molecule has 0 aromatic carbocycles. The molecule has 84 valence electrons. The summed E-state index contributed by atoms with van der Waals surface area (Å²) in [5.74, 6) is 0.610. The number of hydrogen-bond donors (Lipinski definition) is 2. The van der Waals surface area contributed by atoms with E-state index in [1.807, 2.05) is 6.92 Å². The van der Waals surface area contributed by atoms with Gasteiger partial charge in [0, 0.05) is 25.4 Å². The average Bonchev–Trinajstić information content (AvgIpc) is 2.67. The fraction of sp³-hybridized carbons (Fsp3) is 0.667. The number of aromatic nitrogens is 2. The van der Waals surface area contributed by atoms with Gasteiger partial charge in [0.25, 0.3) is 0 Å². The number of amides is 1. The largest absolute Gasteiger partial charge is 0.356 e. The summed E-state index contributed by atoms with van der Waals surface area (Å²) in [6.07, 6.45) is 3.02. The fourth-order valence-electron chi connectivity index (χ4n) is 1.06. The lowest BCUT2D eigenvalue weighted by Gasteiger charge is -2.05. The zero-order valence-corrected chi connectivity index (χ0v) is 8.77. The molecule has 6 nitrogen and oxygen atoms in total. The molecule has 1 amide bonds. The van der Waals surface area contributed by atoms with Crippen molar-refractivity contribution in [3.63, 3.8) is 0 Å². The third-order valence-corrected chi connectivity index (χ3v) is 1.90. The Morgan fingerprint density at radius 1 is 1.73 bits per heavy atom. The molecular weight excluding hydrogens is 196 g/mol. The van der Waals surface area contributed by atoms with Crippen LogP contribution in [-0.2, 0) is 11.2 Å². The molecule has 0 fully saturated rings. The van der Waals surface area contributed by atoms with Crippen molar-refractivity contribution in [3.05, 3.63) is 12.2 Å². The molecule has 0 bridgehead atoms. The van der Waals surface area contributed by atoms with Gasteiger partial charge in [0.1, 0.15) is 0 Å². The van der Waals surface area contributed by atoms with Crippen molar-refractivity contribution in [3.8, 4) is 0 Å². The molecule has 0 aliphatic carbocycles. The number of nitrogens with two attached hydrogens (primary N) is 1. The summed E-state index contributed by atoms with van der Waals surface area (Å²) < 4.78 is 4.56. The second-order valence-corrected chi connectivity index (χ2v) is 3.46. The van der Waals surface area contributed by atoms with E-state index in [2.05, 4.69) is 20.0 Å². The molecule has 0 aliphatic rings. The lowest BCUT2D eigenvalue weighted by Crippen LogP contribution is -2.27. The van der Waals surface area contributed by atoms with Gasteiger partial charge in [0.15, 0.2) is 5.82 Å². The topological polar surface area (TPSA) is 94.0 Å². The first-order valence-corrected chi connectivity index (χ1v) is 4.96. The van der Waals surface area contributed by atoms with E-state index in [1.165, 1.54) is 6.39 Å². The van der Waals surface area contributed by atoms with E-state index >= 15 is 0 Å². The van der Waals surface area contributed by atoms with Crippen LogP contribution in [0.4, 0.5) is 0 Å². The zero-order valence-electron chi connectivity index (χ0n) is 8.77. The Balaban J connectivity index is 2.07. The van der Waals surface area contributed by atoms with Gasteiger partial charge in [-0.3, -0.25) is 4.79 Å². The summed E-state index contributed by atoms with van der Waals surface area (Å²) in [7, 11) is 0. The third-order valence-electron chi connectivity index (χ3n) is 1.90. The highest BCUT2D eigenvalue weighted by molar-refractivity contribution is 5.75. The van der Waals surface area contributed by atoms with E-state index in [0.717, 1.165) is 0 Å². The van der Waals surface area contributed by atoms with Crippen LogP contribution in [0.15, 0.2) is 10.9 Å². The van der Waals surface area contributed by atoms with Crippen molar-refractivity contribution >= 4 is 5.91 Å². The molecule has 0 radical (unpaired) electrons. The standard InChI is InChI=1S/C9H16N4O2/c1-7(10)2-3-9(14)11-5-4-8-12-6-15-13-8/h6-7H,2-5,10H2,1H3,(H,11,14). The monoisotopic (exact) mass is 212 g/mol. The molecule has 1 rings (SSSR count). The smallest absolute Gasteiger partial charge is 0.220 e. The Morgan fingerprint density at radius 2 is 2.53 bits per heavy atom. The predicted molar refractivity (Wildman–Crippen MR) is 53.9 cm³/mol. The Bertz CT molecular complexity index is 284. The summed E-state index contributed by atoms with van der Waals surface area (Å²) in [5, 5.41) is 6.39. The highest BCUT2D eigenvalue weighted by Crippen LogP contribution is 1.93. The summed E-state index contributed by atoms with van der Waals surface area (Å²) >= 11 is 0. The Kier molecular flexibility index (Phi) is 4.76. The number of nitrogens with zero attached hydrogens (tertiary/aromatic N) is 2. The van der Waals surface area contributed by atoms with Crippen LogP contribution in [0.2, 0.25) is 0 Å². The van der Waals surface area contributed by atoms with Gasteiger partial charge >= 0.3 is 0 Å². The third kappa shape index (κ3) is 5.11. The maximum atomic E-state index is 11.2. The van der Waals surface area contributed by atoms with Gasteiger partial charge in [-0.05, 0) is 13.3 Å². The Morgan fingerprint density at radius 3 is 3.13 bits per heavy atom. The molecule has 0 saturated carbocycles. The summed E-state index contributed by atoms with van der Waals surface area (Å²) in [4.78, 5) is 15.1. The van der Waals surface area contributed by atoms with Gasteiger partial charge < -0.3 is 15.6 Å². The second kappa shape index (κ2) is 6.13. The normalized spacial score (nSPS) is 12.4. The van der Waals surface area contributed by atoms with Crippen molar-refractivity contribution in [1.29, 1.82) is 0 Å². The average molecular weight is 212 g/mol. The van der Waals surface area contributed by atoms with Crippen LogP contribution in [-0.4, -0.2) is 28.6 Å². The quantitative estimate of drug-likeness (QED) is 0.684. The lowest BCUT2D eigenvalue weighted by atomic mass is 10.2. The molecule has 0 aliphatic heterocycles. The Labute approximate surface area is 88.2 Å². The molecule has 1 heterocycles. The summed E-state index contributed by atoms with van der Waals surface area (Å²) in [6, 6.07) is 0.0629. The van der Waals surface area contributed by atoms with E-state index in [1.54, 1.807) is 0 Å². The molecular formula is C9H16N4O2. The molecule has 1 aromatic rings. The molecule has 15 heavy (non-hydrogen) atoms. The fourth-order valence-corrected chi connectivity index (χ4v) is 1.06. The number of hydrogen-bond acceptors (Lipinski definition) is 5. The van der Waals surface area contributed by atoms with Crippen LogP contribution < -0.4 is 11.1 Å². The first-order chi connectivity index (χ1) is 7.18. The molecule has 0 spiro atoms. The van der Waals surface area contributed by atoms with E-state index < -0.39 is 0 Å².